The van der Waals surface area contributed by atoms with Crippen molar-refractivity contribution < 1.29 is 4.79 Å². The van der Waals surface area contributed by atoms with Gasteiger partial charge in [-0.05, 0) is 51.1 Å². The summed E-state index contributed by atoms with van der Waals surface area (Å²) in [6, 6.07) is 41.1. The van der Waals surface area contributed by atoms with Gasteiger partial charge in [0.25, 0.3) is 0 Å². The smallest absolute Gasteiger partial charge is 0.172 e. The zero-order valence-corrected chi connectivity index (χ0v) is 16.4. The van der Waals surface area contributed by atoms with Gasteiger partial charge in [-0.15, -0.1) is 0 Å². The molecule has 0 saturated carbocycles. The summed E-state index contributed by atoms with van der Waals surface area (Å²) in [7, 11) is -1.73. The molecule has 0 fully saturated rings. The average Bonchev–Trinajstić information content (AvgIpc) is 2.80. The molecule has 0 aliphatic heterocycles. The molecule has 4 aromatic rings. The molecule has 0 unspecified atom stereocenters. The summed E-state index contributed by atoms with van der Waals surface area (Å²) in [6.07, 6.45) is 0. The Morgan fingerprint density at radius 3 is 1.18 bits per heavy atom. The van der Waals surface area contributed by atoms with Crippen LogP contribution in [0, 0.1) is 0 Å². The second kappa shape index (κ2) is 8.28. The first-order chi connectivity index (χ1) is 13.8. The second-order valence-electron chi connectivity index (χ2n) is 6.61. The van der Waals surface area contributed by atoms with E-state index < -0.39 is 10.0 Å². The van der Waals surface area contributed by atoms with Gasteiger partial charge in [0.05, 0.1) is 5.75 Å². The van der Waals surface area contributed by atoms with Crippen molar-refractivity contribution in [2.45, 2.75) is 14.7 Å². The van der Waals surface area contributed by atoms with Crippen LogP contribution in [0.25, 0.3) is 0 Å². The minimum absolute atomic E-state index is 0.173. The fraction of sp³-hybridized carbons (Fsp3) is 0.0385. The van der Waals surface area contributed by atoms with E-state index >= 15 is 0 Å². The summed E-state index contributed by atoms with van der Waals surface area (Å²) in [5.74, 6) is 0.627. The minimum atomic E-state index is -1.73. The Labute approximate surface area is 168 Å². The van der Waals surface area contributed by atoms with Gasteiger partial charge in [-0.3, -0.25) is 4.79 Å². The van der Waals surface area contributed by atoms with E-state index in [1.165, 1.54) is 14.7 Å². The number of Topliss-reactive ketones (excluding diaryl/α,β-unsaturated/α-hetero) is 1. The van der Waals surface area contributed by atoms with Crippen LogP contribution in [0.3, 0.4) is 0 Å². The highest BCUT2D eigenvalue weighted by Crippen LogP contribution is 2.68. The van der Waals surface area contributed by atoms with Crippen LogP contribution >= 0.6 is 10.0 Å². The van der Waals surface area contributed by atoms with Crippen molar-refractivity contribution in [2.24, 2.45) is 0 Å². The van der Waals surface area contributed by atoms with Crippen LogP contribution in [0.4, 0.5) is 0 Å². The standard InChI is InChI=1S/C26H22OS/c27-26(22-13-5-1-6-14-22)21-28(23-15-7-2-8-16-23,24-17-9-3-10-18-24)25-19-11-4-12-20-25/h1-20H,21H2. The van der Waals surface area contributed by atoms with Gasteiger partial charge in [0.1, 0.15) is 0 Å². The summed E-state index contributed by atoms with van der Waals surface area (Å²) >= 11 is 0. The van der Waals surface area contributed by atoms with Crippen molar-refractivity contribution in [3.63, 3.8) is 0 Å². The number of rotatable bonds is 6. The van der Waals surface area contributed by atoms with Crippen LogP contribution in [0.2, 0.25) is 0 Å². The molecule has 0 bridgehead atoms. The van der Waals surface area contributed by atoms with Gasteiger partial charge in [0.2, 0.25) is 0 Å². The van der Waals surface area contributed by atoms with Crippen molar-refractivity contribution in [3.05, 3.63) is 127 Å². The van der Waals surface area contributed by atoms with Crippen molar-refractivity contribution in [1.29, 1.82) is 0 Å². The van der Waals surface area contributed by atoms with Crippen LogP contribution in [-0.4, -0.2) is 11.5 Å². The van der Waals surface area contributed by atoms with Gasteiger partial charge >= 0.3 is 0 Å². The van der Waals surface area contributed by atoms with E-state index in [2.05, 4.69) is 72.8 Å². The van der Waals surface area contributed by atoms with E-state index in [0.29, 0.717) is 5.75 Å². The molecule has 0 atom stereocenters. The third-order valence-corrected chi connectivity index (χ3v) is 8.81. The quantitative estimate of drug-likeness (QED) is 0.333. The lowest BCUT2D eigenvalue weighted by Crippen LogP contribution is -2.16. The molecule has 138 valence electrons. The predicted octanol–water partition coefficient (Wildman–Crippen LogP) is 6.85. The summed E-state index contributed by atoms with van der Waals surface area (Å²) in [5.41, 5.74) is 0.766. The minimum Gasteiger partial charge on any atom is -0.293 e. The highest BCUT2D eigenvalue weighted by molar-refractivity contribution is 8.34. The Hall–Kier alpha value is -3.10. The molecule has 0 aliphatic rings. The van der Waals surface area contributed by atoms with E-state index in [1.54, 1.807) is 0 Å². The summed E-state index contributed by atoms with van der Waals surface area (Å²) < 4.78 is 0. The highest BCUT2D eigenvalue weighted by atomic mass is 32.3. The normalized spacial score (nSPS) is 11.7. The molecule has 0 amide bonds. The van der Waals surface area contributed by atoms with Crippen LogP contribution in [-0.2, 0) is 0 Å². The van der Waals surface area contributed by atoms with Gasteiger partial charge in [-0.2, -0.15) is 10.0 Å². The highest BCUT2D eigenvalue weighted by Gasteiger charge is 2.33. The van der Waals surface area contributed by atoms with E-state index in [9.17, 15) is 4.79 Å². The SMILES string of the molecule is O=C(CS(c1ccccc1)(c1ccccc1)c1ccccc1)c1ccccc1. The molecular formula is C26H22OS. The largest absolute Gasteiger partial charge is 0.293 e. The number of hydrogen-bond acceptors (Lipinski definition) is 1. The molecule has 0 aliphatic carbocycles. The Morgan fingerprint density at radius 1 is 0.500 bits per heavy atom. The molecule has 2 heteroatoms. The number of carbonyl (C=O) groups excluding carboxylic acids is 1. The van der Waals surface area contributed by atoms with Crippen LogP contribution in [0.5, 0.6) is 0 Å². The zero-order chi connectivity index (χ0) is 19.2. The summed E-state index contributed by atoms with van der Waals surface area (Å²) in [4.78, 5) is 17.0. The van der Waals surface area contributed by atoms with E-state index in [0.717, 1.165) is 5.56 Å². The van der Waals surface area contributed by atoms with Gasteiger partial charge in [-0.1, -0.05) is 84.9 Å². The maximum Gasteiger partial charge on any atom is 0.172 e. The Morgan fingerprint density at radius 2 is 0.821 bits per heavy atom. The first-order valence-corrected chi connectivity index (χ1v) is 11.2. The average molecular weight is 383 g/mol. The van der Waals surface area contributed by atoms with E-state index in [4.69, 9.17) is 0 Å². The predicted molar refractivity (Wildman–Crippen MR) is 117 cm³/mol. The number of benzene rings is 4. The first kappa shape index (κ1) is 18.3. The number of carbonyl (C=O) groups is 1. The molecular weight excluding hydrogens is 360 g/mol. The Bertz CT molecular complexity index is 932. The van der Waals surface area contributed by atoms with Crippen molar-refractivity contribution in [3.8, 4) is 0 Å². The lowest BCUT2D eigenvalue weighted by Gasteiger charge is -2.41. The monoisotopic (exact) mass is 382 g/mol. The van der Waals surface area contributed by atoms with Crippen molar-refractivity contribution in [2.75, 3.05) is 5.75 Å². The number of hydrogen-bond donors (Lipinski definition) is 0. The topological polar surface area (TPSA) is 17.1 Å². The Kier molecular flexibility index (Phi) is 5.41. The molecule has 0 saturated heterocycles. The summed E-state index contributed by atoms with van der Waals surface area (Å²) in [5, 5.41) is 0. The molecule has 1 nitrogen and oxygen atoms in total. The van der Waals surface area contributed by atoms with Gasteiger partial charge in [0.15, 0.2) is 5.78 Å². The first-order valence-electron chi connectivity index (χ1n) is 9.35. The van der Waals surface area contributed by atoms with Crippen LogP contribution < -0.4 is 0 Å². The third-order valence-electron chi connectivity index (χ3n) is 4.88. The molecule has 0 aromatic heterocycles. The van der Waals surface area contributed by atoms with E-state index in [1.807, 2.05) is 48.5 Å². The lowest BCUT2D eigenvalue weighted by molar-refractivity contribution is 0.102. The fourth-order valence-electron chi connectivity index (χ4n) is 3.52. The van der Waals surface area contributed by atoms with Crippen LogP contribution in [0.1, 0.15) is 10.4 Å². The zero-order valence-electron chi connectivity index (χ0n) is 15.6. The molecule has 0 radical (unpaired) electrons. The van der Waals surface area contributed by atoms with Crippen LogP contribution in [0.15, 0.2) is 136 Å². The van der Waals surface area contributed by atoms with Crippen molar-refractivity contribution >= 4 is 15.8 Å². The molecule has 0 N–H and O–H groups in total. The molecule has 28 heavy (non-hydrogen) atoms. The maximum absolute atomic E-state index is 13.4. The lowest BCUT2D eigenvalue weighted by atomic mass is 10.2. The maximum atomic E-state index is 13.4. The molecule has 4 rings (SSSR count). The fourth-order valence-corrected chi connectivity index (χ4v) is 7.26. The summed E-state index contributed by atoms with van der Waals surface area (Å²) in [6.45, 7) is 0. The second-order valence-corrected chi connectivity index (χ2v) is 9.79. The van der Waals surface area contributed by atoms with E-state index in [-0.39, 0.29) is 5.78 Å². The molecule has 0 spiro atoms. The third kappa shape index (κ3) is 3.51. The molecule has 4 aromatic carbocycles. The van der Waals surface area contributed by atoms with Gasteiger partial charge in [0, 0.05) is 5.56 Å². The Balaban J connectivity index is 1.95. The molecule has 0 heterocycles. The van der Waals surface area contributed by atoms with Gasteiger partial charge < -0.3 is 0 Å². The number of ketones is 1. The van der Waals surface area contributed by atoms with Gasteiger partial charge in [-0.25, -0.2) is 0 Å². The van der Waals surface area contributed by atoms with Crippen molar-refractivity contribution in [1.82, 2.24) is 0 Å².